The minimum Gasteiger partial charge on any atom is -0.348 e. The second-order valence-electron chi connectivity index (χ2n) is 7.96. The Balaban J connectivity index is 1.65. The highest BCUT2D eigenvalue weighted by Gasteiger charge is 2.23. The van der Waals surface area contributed by atoms with Gasteiger partial charge in [0.15, 0.2) is 0 Å². The Hall–Kier alpha value is -3.74. The lowest BCUT2D eigenvalue weighted by Gasteiger charge is -2.14. The number of pyridine rings is 1. The van der Waals surface area contributed by atoms with E-state index in [1.807, 2.05) is 37.3 Å². The standard InChI is InChI=1S/C25H28N6O/c1-4-14-26-24(32)20-15-27-25(28-19-11-6-16(3)7-12-19)31-23(20)30-21-13-10-18-9-8-17(5-2)22(18)29-21/h4,6-7,10-13,15,17H,1,5,8-9,14H2,2-3H3,(H,26,32)(H2,27,28,29,30,31). The van der Waals surface area contributed by atoms with Gasteiger partial charge in [0.2, 0.25) is 5.95 Å². The summed E-state index contributed by atoms with van der Waals surface area (Å²) in [7, 11) is 0. The van der Waals surface area contributed by atoms with E-state index in [2.05, 4.69) is 45.5 Å². The third-order valence-corrected chi connectivity index (χ3v) is 5.65. The number of hydrogen-bond donors (Lipinski definition) is 3. The fourth-order valence-electron chi connectivity index (χ4n) is 3.85. The lowest BCUT2D eigenvalue weighted by molar-refractivity contribution is 0.0958. The molecule has 4 rings (SSSR count). The number of nitrogens with one attached hydrogen (secondary N) is 3. The van der Waals surface area contributed by atoms with Gasteiger partial charge in [0, 0.05) is 30.0 Å². The Bertz CT molecular complexity index is 1130. The van der Waals surface area contributed by atoms with E-state index in [9.17, 15) is 4.79 Å². The molecule has 2 aromatic heterocycles. The molecule has 1 unspecified atom stereocenters. The molecule has 1 aliphatic carbocycles. The van der Waals surface area contributed by atoms with Crippen LogP contribution in [0, 0.1) is 6.92 Å². The van der Waals surface area contributed by atoms with E-state index >= 15 is 0 Å². The lowest BCUT2D eigenvalue weighted by atomic mass is 10.0. The van der Waals surface area contributed by atoms with Crippen LogP contribution >= 0.6 is 0 Å². The first-order chi connectivity index (χ1) is 15.6. The predicted molar refractivity (Wildman–Crippen MR) is 128 cm³/mol. The maximum atomic E-state index is 12.7. The van der Waals surface area contributed by atoms with Crippen LogP contribution in [-0.2, 0) is 6.42 Å². The minimum absolute atomic E-state index is 0.276. The molecular formula is C25H28N6O. The monoisotopic (exact) mass is 428 g/mol. The van der Waals surface area contributed by atoms with Crippen LogP contribution in [0.25, 0.3) is 0 Å². The molecule has 1 aliphatic rings. The molecule has 3 N–H and O–H groups in total. The van der Waals surface area contributed by atoms with Crippen molar-refractivity contribution >= 4 is 29.2 Å². The summed E-state index contributed by atoms with van der Waals surface area (Å²) in [6.45, 7) is 8.23. The first-order valence-electron chi connectivity index (χ1n) is 10.9. The summed E-state index contributed by atoms with van der Waals surface area (Å²) < 4.78 is 0. The van der Waals surface area contributed by atoms with Gasteiger partial charge in [0.25, 0.3) is 5.91 Å². The van der Waals surface area contributed by atoms with E-state index in [0.717, 1.165) is 30.6 Å². The lowest BCUT2D eigenvalue weighted by Crippen LogP contribution is -2.25. The van der Waals surface area contributed by atoms with Crippen molar-refractivity contribution < 1.29 is 4.79 Å². The molecule has 32 heavy (non-hydrogen) atoms. The number of anilines is 4. The predicted octanol–water partition coefficient (Wildman–Crippen LogP) is 5.02. The number of rotatable bonds is 8. The van der Waals surface area contributed by atoms with Crippen LogP contribution in [0.3, 0.4) is 0 Å². The molecule has 7 heteroatoms. The summed E-state index contributed by atoms with van der Waals surface area (Å²) in [5.41, 5.74) is 4.82. The molecule has 0 saturated carbocycles. The van der Waals surface area contributed by atoms with Gasteiger partial charge in [-0.3, -0.25) is 4.79 Å². The third kappa shape index (κ3) is 4.77. The summed E-state index contributed by atoms with van der Waals surface area (Å²) in [6, 6.07) is 12.0. The molecule has 0 spiro atoms. The highest BCUT2D eigenvalue weighted by molar-refractivity contribution is 5.99. The summed E-state index contributed by atoms with van der Waals surface area (Å²) in [5, 5.41) is 9.23. The van der Waals surface area contributed by atoms with Crippen LogP contribution in [0.1, 0.15) is 52.9 Å². The van der Waals surface area contributed by atoms with E-state index in [1.165, 1.54) is 17.3 Å². The van der Waals surface area contributed by atoms with Crippen LogP contribution in [0.5, 0.6) is 0 Å². The summed E-state index contributed by atoms with van der Waals surface area (Å²) in [5.74, 6) is 1.66. The van der Waals surface area contributed by atoms with Gasteiger partial charge in [0.05, 0.1) is 0 Å². The second-order valence-corrected chi connectivity index (χ2v) is 7.96. The largest absolute Gasteiger partial charge is 0.348 e. The summed E-state index contributed by atoms with van der Waals surface area (Å²) in [4.78, 5) is 26.5. The number of amides is 1. The van der Waals surface area contributed by atoms with Crippen molar-refractivity contribution in [2.45, 2.75) is 39.0 Å². The maximum absolute atomic E-state index is 12.7. The van der Waals surface area contributed by atoms with Crippen LogP contribution in [0.4, 0.5) is 23.3 Å². The minimum atomic E-state index is -0.276. The van der Waals surface area contributed by atoms with Crippen LogP contribution in [0.2, 0.25) is 0 Å². The smallest absolute Gasteiger partial charge is 0.256 e. The van der Waals surface area contributed by atoms with Gasteiger partial charge in [-0.1, -0.05) is 36.8 Å². The van der Waals surface area contributed by atoms with E-state index < -0.39 is 0 Å². The number of nitrogens with zero attached hydrogens (tertiary/aromatic N) is 3. The van der Waals surface area contributed by atoms with Crippen molar-refractivity contribution in [3.63, 3.8) is 0 Å². The van der Waals surface area contributed by atoms with E-state index in [0.29, 0.717) is 35.6 Å². The Kier molecular flexibility index (Phi) is 6.44. The van der Waals surface area contributed by atoms with Crippen molar-refractivity contribution in [1.82, 2.24) is 20.3 Å². The number of aryl methyl sites for hydroxylation is 2. The fraction of sp³-hybridized carbons (Fsp3) is 0.280. The van der Waals surface area contributed by atoms with Crippen molar-refractivity contribution in [3.05, 3.63) is 77.6 Å². The molecule has 164 valence electrons. The number of hydrogen-bond acceptors (Lipinski definition) is 6. The molecule has 0 fully saturated rings. The normalized spacial score (nSPS) is 14.5. The average molecular weight is 429 g/mol. The van der Waals surface area contributed by atoms with E-state index in [4.69, 9.17) is 4.98 Å². The first-order valence-corrected chi connectivity index (χ1v) is 10.9. The van der Waals surface area contributed by atoms with Crippen molar-refractivity contribution in [2.24, 2.45) is 0 Å². The average Bonchev–Trinajstić information content (AvgIpc) is 3.21. The molecule has 1 aromatic carbocycles. The van der Waals surface area contributed by atoms with Gasteiger partial charge in [-0.25, -0.2) is 9.97 Å². The van der Waals surface area contributed by atoms with Crippen LogP contribution in [0.15, 0.2) is 55.3 Å². The van der Waals surface area contributed by atoms with Gasteiger partial charge >= 0.3 is 0 Å². The number of fused-ring (bicyclic) bond motifs is 1. The van der Waals surface area contributed by atoms with Crippen molar-refractivity contribution in [2.75, 3.05) is 17.2 Å². The van der Waals surface area contributed by atoms with E-state index in [-0.39, 0.29) is 5.91 Å². The highest BCUT2D eigenvalue weighted by Crippen LogP contribution is 2.35. The zero-order valence-electron chi connectivity index (χ0n) is 18.5. The van der Waals surface area contributed by atoms with Crippen molar-refractivity contribution in [1.29, 1.82) is 0 Å². The number of aromatic nitrogens is 3. The molecule has 7 nitrogen and oxygen atoms in total. The quantitative estimate of drug-likeness (QED) is 0.436. The van der Waals surface area contributed by atoms with Gasteiger partial charge in [-0.2, -0.15) is 4.98 Å². The van der Waals surface area contributed by atoms with Crippen LogP contribution < -0.4 is 16.0 Å². The molecular weight excluding hydrogens is 400 g/mol. The topological polar surface area (TPSA) is 91.8 Å². The SMILES string of the molecule is C=CCNC(=O)c1cnc(Nc2ccc(C)cc2)nc1Nc1ccc2c(n1)C(CC)CC2. The third-order valence-electron chi connectivity index (χ3n) is 5.65. The van der Waals surface area contributed by atoms with E-state index in [1.54, 1.807) is 6.08 Å². The molecule has 0 saturated heterocycles. The summed E-state index contributed by atoms with van der Waals surface area (Å²) in [6.07, 6.45) is 6.42. The van der Waals surface area contributed by atoms with Crippen LogP contribution in [-0.4, -0.2) is 27.4 Å². The summed E-state index contributed by atoms with van der Waals surface area (Å²) >= 11 is 0. The zero-order valence-corrected chi connectivity index (χ0v) is 18.5. The van der Waals surface area contributed by atoms with Gasteiger partial charge in [-0.15, -0.1) is 6.58 Å². The van der Waals surface area contributed by atoms with Gasteiger partial charge in [-0.05, 0) is 49.9 Å². The van der Waals surface area contributed by atoms with Gasteiger partial charge in [0.1, 0.15) is 17.2 Å². The molecule has 1 amide bonds. The molecule has 0 radical (unpaired) electrons. The maximum Gasteiger partial charge on any atom is 0.256 e. The fourth-order valence-corrected chi connectivity index (χ4v) is 3.85. The number of carbonyl (C=O) groups excluding carboxylic acids is 1. The molecule has 0 bridgehead atoms. The second kappa shape index (κ2) is 9.60. The van der Waals surface area contributed by atoms with Crippen molar-refractivity contribution in [3.8, 4) is 0 Å². The zero-order chi connectivity index (χ0) is 22.5. The molecule has 1 atom stereocenters. The highest BCUT2D eigenvalue weighted by atomic mass is 16.1. The Labute approximate surface area is 188 Å². The molecule has 0 aliphatic heterocycles. The number of carbonyl (C=O) groups is 1. The Morgan fingerprint density at radius 2 is 1.97 bits per heavy atom. The van der Waals surface area contributed by atoms with Gasteiger partial charge < -0.3 is 16.0 Å². The Morgan fingerprint density at radius 1 is 1.16 bits per heavy atom. The first kappa shape index (κ1) is 21.5. The number of benzene rings is 1. The molecule has 2 heterocycles. The Morgan fingerprint density at radius 3 is 2.72 bits per heavy atom. The molecule has 3 aromatic rings.